The minimum Gasteiger partial charge on any atom is -0.376 e. The van der Waals surface area contributed by atoms with Crippen LogP contribution in [0, 0.1) is 0 Å². The molecule has 1 atom stereocenters. The van der Waals surface area contributed by atoms with E-state index in [2.05, 4.69) is 18.4 Å². The Morgan fingerprint density at radius 2 is 2.26 bits per heavy atom. The maximum Gasteiger partial charge on any atom is 0.260 e. The van der Waals surface area contributed by atoms with Crippen LogP contribution < -0.4 is 4.90 Å². The lowest BCUT2D eigenvalue weighted by Crippen LogP contribution is -2.37. The third kappa shape index (κ3) is 4.14. The van der Waals surface area contributed by atoms with Crippen molar-refractivity contribution in [2.75, 3.05) is 24.3 Å². The number of carbonyl (C=O) groups excluding carboxylic acids is 1. The first-order valence-electron chi connectivity index (χ1n) is 8.77. The van der Waals surface area contributed by atoms with Crippen molar-refractivity contribution in [2.45, 2.75) is 23.8 Å². The molecule has 140 valence electrons. The fraction of sp³-hybridized carbons (Fsp3) is 0.300. The number of anilines is 1. The van der Waals surface area contributed by atoms with Gasteiger partial charge in [-0.15, -0.1) is 11.8 Å². The number of rotatable bonds is 5. The molecule has 1 saturated heterocycles. The minimum atomic E-state index is -0.0999. The van der Waals surface area contributed by atoms with E-state index in [-0.39, 0.29) is 12.0 Å². The molecule has 1 aromatic heterocycles. The highest BCUT2D eigenvalue weighted by Crippen LogP contribution is 2.33. The summed E-state index contributed by atoms with van der Waals surface area (Å²) in [6.07, 6.45) is 4.08. The van der Waals surface area contributed by atoms with Crippen LogP contribution in [-0.2, 0) is 4.74 Å². The number of carbonyl (C=O) groups is 1. The minimum absolute atomic E-state index is 0.0434. The number of halogens is 1. The number of hydrogen-bond acceptors (Lipinski definition) is 5. The van der Waals surface area contributed by atoms with Gasteiger partial charge in [0.15, 0.2) is 5.13 Å². The zero-order valence-corrected chi connectivity index (χ0v) is 17.2. The molecule has 0 N–H and O–H groups in total. The molecule has 3 aromatic rings. The van der Waals surface area contributed by atoms with E-state index in [4.69, 9.17) is 21.3 Å². The van der Waals surface area contributed by atoms with Crippen LogP contribution >= 0.6 is 34.7 Å². The fourth-order valence-electron chi connectivity index (χ4n) is 3.15. The number of aromatic nitrogens is 1. The SMILES string of the molecule is CSc1ccc2nc(N(CC3CCCO3)C(=O)c3cccc(Cl)c3)sc2c1. The van der Waals surface area contributed by atoms with Gasteiger partial charge >= 0.3 is 0 Å². The van der Waals surface area contributed by atoms with E-state index in [0.717, 1.165) is 29.7 Å². The number of benzene rings is 2. The van der Waals surface area contributed by atoms with Gasteiger partial charge in [-0.1, -0.05) is 29.0 Å². The van der Waals surface area contributed by atoms with Crippen molar-refractivity contribution in [1.82, 2.24) is 4.98 Å². The highest BCUT2D eigenvalue weighted by molar-refractivity contribution is 7.98. The zero-order chi connectivity index (χ0) is 18.8. The first-order chi connectivity index (χ1) is 13.1. The molecule has 1 aliphatic rings. The van der Waals surface area contributed by atoms with Crippen LogP contribution in [0.1, 0.15) is 23.2 Å². The van der Waals surface area contributed by atoms with Crippen molar-refractivity contribution in [2.24, 2.45) is 0 Å². The van der Waals surface area contributed by atoms with Crippen LogP contribution in [0.5, 0.6) is 0 Å². The molecule has 7 heteroatoms. The fourth-order valence-corrected chi connectivity index (χ4v) is 4.87. The van der Waals surface area contributed by atoms with Crippen LogP contribution in [0.15, 0.2) is 47.4 Å². The highest BCUT2D eigenvalue weighted by atomic mass is 35.5. The molecule has 27 heavy (non-hydrogen) atoms. The number of nitrogens with zero attached hydrogens (tertiary/aromatic N) is 2. The van der Waals surface area contributed by atoms with E-state index < -0.39 is 0 Å². The standard InChI is InChI=1S/C20H19ClN2O2S2/c1-26-16-7-8-17-18(11-16)27-20(22-17)23(12-15-6-3-9-25-15)19(24)13-4-2-5-14(21)10-13/h2,4-5,7-8,10-11,15H,3,6,9,12H2,1H3. The summed E-state index contributed by atoms with van der Waals surface area (Å²) in [6.45, 7) is 1.25. The molecule has 4 nitrogen and oxygen atoms in total. The van der Waals surface area contributed by atoms with Crippen LogP contribution in [0.2, 0.25) is 5.02 Å². The lowest BCUT2D eigenvalue weighted by Gasteiger charge is -2.23. The number of ether oxygens (including phenoxy) is 1. The Bertz CT molecular complexity index is 970. The monoisotopic (exact) mass is 418 g/mol. The maximum absolute atomic E-state index is 13.3. The molecule has 1 aliphatic heterocycles. The van der Waals surface area contributed by atoms with Gasteiger partial charge in [-0.3, -0.25) is 9.69 Å². The third-order valence-electron chi connectivity index (χ3n) is 4.54. The number of amides is 1. The van der Waals surface area contributed by atoms with Crippen molar-refractivity contribution < 1.29 is 9.53 Å². The quantitative estimate of drug-likeness (QED) is 0.513. The summed E-state index contributed by atoms with van der Waals surface area (Å²) >= 11 is 9.33. The Labute approximate surface area is 171 Å². The Balaban J connectivity index is 1.71. The Kier molecular flexibility index (Phi) is 5.68. The lowest BCUT2D eigenvalue weighted by atomic mass is 10.2. The predicted octanol–water partition coefficient (Wildman–Crippen LogP) is 5.50. The van der Waals surface area contributed by atoms with Gasteiger partial charge in [0.2, 0.25) is 0 Å². The zero-order valence-electron chi connectivity index (χ0n) is 14.9. The van der Waals surface area contributed by atoms with Gasteiger partial charge in [-0.05, 0) is 55.5 Å². The second kappa shape index (κ2) is 8.19. The second-order valence-corrected chi connectivity index (χ2v) is 8.72. The molecule has 2 heterocycles. The van der Waals surface area contributed by atoms with Crippen molar-refractivity contribution in [1.29, 1.82) is 0 Å². The lowest BCUT2D eigenvalue weighted by molar-refractivity contribution is 0.0917. The summed E-state index contributed by atoms with van der Waals surface area (Å²) in [4.78, 5) is 20.9. The molecular weight excluding hydrogens is 400 g/mol. The molecule has 0 saturated carbocycles. The third-order valence-corrected chi connectivity index (χ3v) is 6.54. The van der Waals surface area contributed by atoms with Crippen LogP contribution in [0.25, 0.3) is 10.2 Å². The van der Waals surface area contributed by atoms with Crippen molar-refractivity contribution in [3.05, 3.63) is 53.1 Å². The first-order valence-corrected chi connectivity index (χ1v) is 11.2. The van der Waals surface area contributed by atoms with Crippen LogP contribution in [-0.4, -0.2) is 36.4 Å². The molecule has 0 radical (unpaired) electrons. The average Bonchev–Trinajstić information content (AvgIpc) is 3.34. The Hall–Kier alpha value is -1.60. The molecule has 1 fully saturated rings. The van der Waals surface area contributed by atoms with Gasteiger partial charge < -0.3 is 4.74 Å². The molecule has 0 aliphatic carbocycles. The number of thiazole rings is 1. The maximum atomic E-state index is 13.3. The summed E-state index contributed by atoms with van der Waals surface area (Å²) in [7, 11) is 0. The van der Waals surface area contributed by atoms with E-state index >= 15 is 0 Å². The normalized spacial score (nSPS) is 16.7. The van der Waals surface area contributed by atoms with Crippen molar-refractivity contribution in [3.8, 4) is 0 Å². The molecule has 2 aromatic carbocycles. The summed E-state index contributed by atoms with van der Waals surface area (Å²) < 4.78 is 6.86. The number of thioether (sulfide) groups is 1. The van der Waals surface area contributed by atoms with E-state index in [9.17, 15) is 4.79 Å². The van der Waals surface area contributed by atoms with E-state index in [0.29, 0.717) is 22.3 Å². The summed E-state index contributed by atoms with van der Waals surface area (Å²) in [5.41, 5.74) is 1.47. The first kappa shape index (κ1) is 18.7. The smallest absolute Gasteiger partial charge is 0.260 e. The second-order valence-electron chi connectivity index (χ2n) is 6.39. The van der Waals surface area contributed by atoms with Gasteiger partial charge in [-0.2, -0.15) is 0 Å². The van der Waals surface area contributed by atoms with Crippen molar-refractivity contribution in [3.63, 3.8) is 0 Å². The topological polar surface area (TPSA) is 42.4 Å². The van der Waals surface area contributed by atoms with E-state index in [1.165, 1.54) is 16.2 Å². The average molecular weight is 419 g/mol. The molecule has 1 unspecified atom stereocenters. The Morgan fingerprint density at radius 3 is 3.00 bits per heavy atom. The molecule has 0 bridgehead atoms. The van der Waals surface area contributed by atoms with Gasteiger partial charge in [0.25, 0.3) is 5.91 Å². The molecule has 0 spiro atoms. The summed E-state index contributed by atoms with van der Waals surface area (Å²) in [6, 6.07) is 13.2. The van der Waals surface area contributed by atoms with Gasteiger partial charge in [0.05, 0.1) is 22.9 Å². The van der Waals surface area contributed by atoms with Crippen LogP contribution in [0.4, 0.5) is 5.13 Å². The van der Waals surface area contributed by atoms with Gasteiger partial charge in [0.1, 0.15) is 0 Å². The summed E-state index contributed by atoms with van der Waals surface area (Å²) in [5.74, 6) is -0.0999. The molecule has 4 rings (SSSR count). The predicted molar refractivity (Wildman–Crippen MR) is 114 cm³/mol. The van der Waals surface area contributed by atoms with Gasteiger partial charge in [0, 0.05) is 22.1 Å². The largest absolute Gasteiger partial charge is 0.376 e. The van der Waals surface area contributed by atoms with Crippen LogP contribution in [0.3, 0.4) is 0 Å². The summed E-state index contributed by atoms with van der Waals surface area (Å²) in [5, 5.41) is 1.25. The molecule has 1 amide bonds. The Morgan fingerprint density at radius 1 is 1.37 bits per heavy atom. The number of fused-ring (bicyclic) bond motifs is 1. The van der Waals surface area contributed by atoms with Crippen molar-refractivity contribution >= 4 is 56.0 Å². The van der Waals surface area contributed by atoms with E-state index in [1.807, 2.05) is 6.07 Å². The van der Waals surface area contributed by atoms with Gasteiger partial charge in [-0.25, -0.2) is 4.98 Å². The van der Waals surface area contributed by atoms with E-state index in [1.54, 1.807) is 40.9 Å². The number of hydrogen-bond donors (Lipinski definition) is 0. The highest BCUT2D eigenvalue weighted by Gasteiger charge is 2.27. The molecular formula is C20H19ClN2O2S2.